The molecule has 0 aromatic carbocycles. The molecule has 1 rings (SSSR count). The van der Waals surface area contributed by atoms with Crippen LogP contribution in [0.5, 0.6) is 0 Å². The fourth-order valence-corrected chi connectivity index (χ4v) is 1.47. The number of rotatable bonds is 6. The van der Waals surface area contributed by atoms with E-state index in [9.17, 15) is 4.79 Å². The number of nitrogens with zero attached hydrogens (tertiary/aromatic N) is 2. The highest BCUT2D eigenvalue weighted by Crippen LogP contribution is 2.10. The van der Waals surface area contributed by atoms with Crippen molar-refractivity contribution in [3.8, 4) is 0 Å². The predicted molar refractivity (Wildman–Crippen MR) is 57.8 cm³/mol. The summed E-state index contributed by atoms with van der Waals surface area (Å²) in [5.74, 6) is -0.0649. The Morgan fingerprint density at radius 1 is 1.73 bits per heavy atom. The van der Waals surface area contributed by atoms with Crippen LogP contribution < -0.4 is 5.32 Å². The summed E-state index contributed by atoms with van der Waals surface area (Å²) in [6, 6.07) is -0.0476. The van der Waals surface area contributed by atoms with E-state index in [1.54, 1.807) is 6.20 Å². The van der Waals surface area contributed by atoms with Crippen molar-refractivity contribution in [2.24, 2.45) is 7.05 Å². The second kappa shape index (κ2) is 5.38. The van der Waals surface area contributed by atoms with Gasteiger partial charge in [0.25, 0.3) is 0 Å². The fourth-order valence-electron chi connectivity index (χ4n) is 1.47. The molecule has 1 aromatic rings. The minimum absolute atomic E-state index is 0.0476. The molecule has 1 atom stereocenters. The number of anilines is 1. The third kappa shape index (κ3) is 3.61. The molecule has 0 bridgehead atoms. The lowest BCUT2D eigenvalue weighted by molar-refractivity contribution is -0.137. The first-order valence-corrected chi connectivity index (χ1v) is 5.09. The number of carboxylic acid groups (broad SMARTS) is 1. The molecule has 0 spiro atoms. The van der Waals surface area contributed by atoms with Crippen molar-refractivity contribution in [2.45, 2.75) is 32.2 Å². The van der Waals surface area contributed by atoms with Gasteiger partial charge in [-0.15, -0.1) is 0 Å². The van der Waals surface area contributed by atoms with Crippen LogP contribution in [0.1, 0.15) is 26.2 Å². The maximum Gasteiger partial charge on any atom is 0.305 e. The van der Waals surface area contributed by atoms with Gasteiger partial charge >= 0.3 is 5.97 Å². The first-order valence-electron chi connectivity index (χ1n) is 5.09. The molecule has 0 radical (unpaired) electrons. The molecule has 5 nitrogen and oxygen atoms in total. The van der Waals surface area contributed by atoms with Crippen molar-refractivity contribution in [1.82, 2.24) is 9.55 Å². The van der Waals surface area contributed by atoms with E-state index in [1.807, 2.05) is 24.7 Å². The third-order valence-corrected chi connectivity index (χ3v) is 2.21. The van der Waals surface area contributed by atoms with Gasteiger partial charge in [0.05, 0.1) is 6.42 Å². The lowest BCUT2D eigenvalue weighted by atomic mass is 10.1. The van der Waals surface area contributed by atoms with E-state index < -0.39 is 5.97 Å². The van der Waals surface area contributed by atoms with Gasteiger partial charge in [-0.3, -0.25) is 4.79 Å². The zero-order chi connectivity index (χ0) is 11.3. The second-order valence-corrected chi connectivity index (χ2v) is 3.59. The molecular weight excluding hydrogens is 194 g/mol. The number of hydrogen-bond donors (Lipinski definition) is 2. The summed E-state index contributed by atoms with van der Waals surface area (Å²) >= 11 is 0. The number of aliphatic carboxylic acids is 1. The van der Waals surface area contributed by atoms with Crippen molar-refractivity contribution in [1.29, 1.82) is 0 Å². The highest BCUT2D eigenvalue weighted by atomic mass is 16.4. The third-order valence-electron chi connectivity index (χ3n) is 2.21. The average Bonchev–Trinajstić information content (AvgIpc) is 2.51. The van der Waals surface area contributed by atoms with E-state index in [4.69, 9.17) is 5.11 Å². The van der Waals surface area contributed by atoms with Crippen LogP contribution in [0, 0.1) is 0 Å². The fraction of sp³-hybridized carbons (Fsp3) is 0.600. The largest absolute Gasteiger partial charge is 0.481 e. The second-order valence-electron chi connectivity index (χ2n) is 3.59. The van der Waals surface area contributed by atoms with Crippen molar-refractivity contribution < 1.29 is 9.90 Å². The van der Waals surface area contributed by atoms with Crippen LogP contribution in [0.2, 0.25) is 0 Å². The van der Waals surface area contributed by atoms with E-state index in [1.165, 1.54) is 0 Å². The Bertz CT molecular complexity index is 322. The monoisotopic (exact) mass is 211 g/mol. The number of aromatic nitrogens is 2. The SMILES string of the molecule is CCCC(CC(=O)O)Nc1nccn1C. The summed E-state index contributed by atoms with van der Waals surface area (Å²) in [4.78, 5) is 14.7. The summed E-state index contributed by atoms with van der Waals surface area (Å²) in [7, 11) is 1.87. The topological polar surface area (TPSA) is 67.2 Å². The van der Waals surface area contributed by atoms with Crippen molar-refractivity contribution >= 4 is 11.9 Å². The van der Waals surface area contributed by atoms with E-state index in [0.717, 1.165) is 18.8 Å². The molecule has 1 unspecified atom stereocenters. The number of imidazole rings is 1. The average molecular weight is 211 g/mol. The lowest BCUT2D eigenvalue weighted by Crippen LogP contribution is -2.24. The van der Waals surface area contributed by atoms with Crippen molar-refractivity contribution in [2.75, 3.05) is 5.32 Å². The van der Waals surface area contributed by atoms with E-state index >= 15 is 0 Å². The van der Waals surface area contributed by atoms with Gasteiger partial charge in [0, 0.05) is 25.5 Å². The minimum atomic E-state index is -0.782. The highest BCUT2D eigenvalue weighted by Gasteiger charge is 2.13. The quantitative estimate of drug-likeness (QED) is 0.747. The maximum absolute atomic E-state index is 10.6. The molecule has 1 aromatic heterocycles. The lowest BCUT2D eigenvalue weighted by Gasteiger charge is -2.16. The number of carboxylic acids is 1. The number of carbonyl (C=O) groups is 1. The number of hydrogen-bond acceptors (Lipinski definition) is 3. The van der Waals surface area contributed by atoms with Gasteiger partial charge in [-0.05, 0) is 6.42 Å². The molecule has 15 heavy (non-hydrogen) atoms. The van der Waals surface area contributed by atoms with Crippen molar-refractivity contribution in [3.05, 3.63) is 12.4 Å². The molecule has 2 N–H and O–H groups in total. The van der Waals surface area contributed by atoms with Crippen LogP contribution in [0.4, 0.5) is 5.95 Å². The smallest absolute Gasteiger partial charge is 0.305 e. The Morgan fingerprint density at radius 3 is 2.93 bits per heavy atom. The van der Waals surface area contributed by atoms with Crippen molar-refractivity contribution in [3.63, 3.8) is 0 Å². The zero-order valence-corrected chi connectivity index (χ0v) is 9.10. The van der Waals surface area contributed by atoms with E-state index in [-0.39, 0.29) is 12.5 Å². The van der Waals surface area contributed by atoms with Gasteiger partial charge in [0.1, 0.15) is 0 Å². The van der Waals surface area contributed by atoms with Gasteiger partial charge in [-0.2, -0.15) is 0 Å². The maximum atomic E-state index is 10.6. The van der Waals surface area contributed by atoms with Crippen LogP contribution in [0.25, 0.3) is 0 Å². The summed E-state index contributed by atoms with van der Waals surface area (Å²) in [6.07, 6.45) is 5.42. The van der Waals surface area contributed by atoms with Gasteiger partial charge in [0.15, 0.2) is 0 Å². The highest BCUT2D eigenvalue weighted by molar-refractivity contribution is 5.68. The first kappa shape index (κ1) is 11.6. The van der Waals surface area contributed by atoms with Crippen LogP contribution in [-0.2, 0) is 11.8 Å². The summed E-state index contributed by atoms with van der Waals surface area (Å²) < 4.78 is 1.84. The molecule has 0 saturated carbocycles. The Balaban J connectivity index is 2.58. The Hall–Kier alpha value is -1.52. The molecule has 0 aliphatic carbocycles. The van der Waals surface area contributed by atoms with Crippen LogP contribution in [-0.4, -0.2) is 26.7 Å². The number of nitrogens with one attached hydrogen (secondary N) is 1. The number of aryl methyl sites for hydroxylation is 1. The predicted octanol–water partition coefficient (Wildman–Crippen LogP) is 1.48. The molecular formula is C10H17N3O2. The minimum Gasteiger partial charge on any atom is -0.481 e. The summed E-state index contributed by atoms with van der Waals surface area (Å²) in [6.45, 7) is 2.04. The van der Waals surface area contributed by atoms with E-state index in [2.05, 4.69) is 10.3 Å². The Kier molecular flexibility index (Phi) is 4.15. The van der Waals surface area contributed by atoms with E-state index in [0.29, 0.717) is 0 Å². The normalized spacial score (nSPS) is 12.4. The standard InChI is InChI=1S/C10H17N3O2/c1-3-4-8(7-9(14)15)12-10-11-5-6-13(10)2/h5-6,8H,3-4,7H2,1-2H3,(H,11,12)(H,14,15). The molecule has 0 aliphatic heterocycles. The van der Waals surface area contributed by atoms with Gasteiger partial charge < -0.3 is 15.0 Å². The zero-order valence-electron chi connectivity index (χ0n) is 9.10. The molecule has 5 heteroatoms. The first-order chi connectivity index (χ1) is 7.13. The Labute approximate surface area is 89.1 Å². The molecule has 0 amide bonds. The molecule has 0 aliphatic rings. The molecule has 1 heterocycles. The molecule has 0 fully saturated rings. The Morgan fingerprint density at radius 2 is 2.47 bits per heavy atom. The van der Waals surface area contributed by atoms with Crippen LogP contribution in [0.3, 0.4) is 0 Å². The van der Waals surface area contributed by atoms with Crippen LogP contribution in [0.15, 0.2) is 12.4 Å². The van der Waals surface area contributed by atoms with Gasteiger partial charge in [-0.1, -0.05) is 13.3 Å². The van der Waals surface area contributed by atoms with Gasteiger partial charge in [-0.25, -0.2) is 4.98 Å². The molecule has 84 valence electrons. The summed E-state index contributed by atoms with van der Waals surface area (Å²) in [5.41, 5.74) is 0. The van der Waals surface area contributed by atoms with Crippen LogP contribution >= 0.6 is 0 Å². The van der Waals surface area contributed by atoms with Gasteiger partial charge in [0.2, 0.25) is 5.95 Å². The summed E-state index contributed by atoms with van der Waals surface area (Å²) in [5, 5.41) is 11.9. The molecule has 0 saturated heterocycles.